The lowest BCUT2D eigenvalue weighted by Crippen LogP contribution is -2.23. The van der Waals surface area contributed by atoms with E-state index in [0.717, 1.165) is 73.0 Å². The van der Waals surface area contributed by atoms with Gasteiger partial charge in [-0.25, -0.2) is 4.79 Å². The summed E-state index contributed by atoms with van der Waals surface area (Å²) in [6.07, 6.45) is 4.89. The van der Waals surface area contributed by atoms with Gasteiger partial charge in [-0.2, -0.15) is 0 Å². The van der Waals surface area contributed by atoms with Crippen molar-refractivity contribution in [3.05, 3.63) is 65.4 Å². The Labute approximate surface area is 195 Å². The highest BCUT2D eigenvalue weighted by Gasteiger charge is 2.23. The molecule has 0 bridgehead atoms. The molecule has 1 aromatic heterocycles. The molecule has 6 heteroatoms. The van der Waals surface area contributed by atoms with Gasteiger partial charge in [0.1, 0.15) is 0 Å². The van der Waals surface area contributed by atoms with Crippen LogP contribution in [0.2, 0.25) is 0 Å². The number of nitrogens with one attached hydrogen (secondary N) is 1. The van der Waals surface area contributed by atoms with Crippen molar-refractivity contribution in [3.63, 3.8) is 0 Å². The lowest BCUT2D eigenvalue weighted by Gasteiger charge is -2.21. The molecule has 0 fully saturated rings. The summed E-state index contributed by atoms with van der Waals surface area (Å²) in [5, 5.41) is 3.60. The molecule has 4 rings (SSSR count). The fraction of sp³-hybridized carbons (Fsp3) is 0.370. The Bertz CT molecular complexity index is 1140. The first-order valence-corrected chi connectivity index (χ1v) is 11.8. The monoisotopic (exact) mass is 445 g/mol. The van der Waals surface area contributed by atoms with Crippen molar-refractivity contribution in [1.29, 1.82) is 0 Å². The predicted molar refractivity (Wildman–Crippen MR) is 132 cm³/mol. The Morgan fingerprint density at radius 1 is 0.970 bits per heavy atom. The number of hydrogen-bond donors (Lipinski definition) is 1. The first-order chi connectivity index (χ1) is 16.1. The molecular formula is C27H31N3O3. The summed E-state index contributed by atoms with van der Waals surface area (Å²) in [4.78, 5) is 32.7. The van der Waals surface area contributed by atoms with E-state index in [9.17, 15) is 9.59 Å². The smallest absolute Gasteiger partial charge is 0.339 e. The van der Waals surface area contributed by atoms with Crippen LogP contribution in [0.25, 0.3) is 10.9 Å². The third-order valence-corrected chi connectivity index (χ3v) is 6.24. The number of rotatable bonds is 7. The highest BCUT2D eigenvalue weighted by molar-refractivity contribution is 6.06. The van der Waals surface area contributed by atoms with Crippen LogP contribution >= 0.6 is 0 Å². The van der Waals surface area contributed by atoms with Gasteiger partial charge in [0.05, 0.1) is 11.1 Å². The summed E-state index contributed by atoms with van der Waals surface area (Å²) in [5.41, 5.74) is 5.10. The van der Waals surface area contributed by atoms with E-state index in [-0.39, 0.29) is 12.5 Å². The van der Waals surface area contributed by atoms with Gasteiger partial charge < -0.3 is 15.0 Å². The second-order valence-electron chi connectivity index (χ2n) is 8.33. The van der Waals surface area contributed by atoms with Gasteiger partial charge in [0.15, 0.2) is 6.61 Å². The minimum absolute atomic E-state index is 0.331. The van der Waals surface area contributed by atoms with Crippen molar-refractivity contribution in [2.24, 2.45) is 0 Å². The maximum atomic E-state index is 13.1. The van der Waals surface area contributed by atoms with Crippen LogP contribution in [0.4, 0.5) is 11.4 Å². The fourth-order valence-electron chi connectivity index (χ4n) is 4.53. The maximum Gasteiger partial charge on any atom is 0.339 e. The normalized spacial score (nSPS) is 13.2. The Balaban J connectivity index is 1.47. The second kappa shape index (κ2) is 10.5. The average Bonchev–Trinajstić information content (AvgIpc) is 3.08. The zero-order valence-electron chi connectivity index (χ0n) is 19.4. The number of benzene rings is 2. The number of nitrogens with zero attached hydrogens (tertiary/aromatic N) is 2. The number of para-hydroxylation sites is 1. The average molecular weight is 446 g/mol. The maximum absolute atomic E-state index is 13.1. The molecule has 0 saturated carbocycles. The molecule has 1 N–H and O–H groups in total. The first kappa shape index (κ1) is 22.8. The lowest BCUT2D eigenvalue weighted by atomic mass is 9.97. The highest BCUT2D eigenvalue weighted by atomic mass is 16.5. The second-order valence-corrected chi connectivity index (χ2v) is 8.33. The Kier molecular flexibility index (Phi) is 7.23. The lowest BCUT2D eigenvalue weighted by molar-refractivity contribution is -0.119. The van der Waals surface area contributed by atoms with Crippen LogP contribution in [0.3, 0.4) is 0 Å². The molecule has 0 aliphatic heterocycles. The van der Waals surface area contributed by atoms with Crippen LogP contribution in [0.15, 0.2) is 48.5 Å². The molecule has 0 unspecified atom stereocenters. The summed E-state index contributed by atoms with van der Waals surface area (Å²) < 4.78 is 5.49. The van der Waals surface area contributed by atoms with E-state index in [0.29, 0.717) is 11.3 Å². The number of hydrogen-bond acceptors (Lipinski definition) is 5. The van der Waals surface area contributed by atoms with Crippen molar-refractivity contribution < 1.29 is 14.3 Å². The van der Waals surface area contributed by atoms with Crippen LogP contribution in [0.1, 0.15) is 54.7 Å². The van der Waals surface area contributed by atoms with Gasteiger partial charge in [0.2, 0.25) is 0 Å². The van der Waals surface area contributed by atoms with E-state index in [1.165, 1.54) is 0 Å². The summed E-state index contributed by atoms with van der Waals surface area (Å²) in [6, 6.07) is 15.3. The fourth-order valence-corrected chi connectivity index (χ4v) is 4.53. The van der Waals surface area contributed by atoms with Crippen molar-refractivity contribution in [2.75, 3.05) is 29.9 Å². The third-order valence-electron chi connectivity index (χ3n) is 6.24. The van der Waals surface area contributed by atoms with Gasteiger partial charge in [-0.3, -0.25) is 9.78 Å². The van der Waals surface area contributed by atoms with Gasteiger partial charge in [0, 0.05) is 35.5 Å². The van der Waals surface area contributed by atoms with E-state index in [4.69, 9.17) is 9.72 Å². The highest BCUT2D eigenvalue weighted by Crippen LogP contribution is 2.29. The molecule has 0 radical (unpaired) electrons. The summed E-state index contributed by atoms with van der Waals surface area (Å²) >= 11 is 0. The molecule has 1 heterocycles. The topological polar surface area (TPSA) is 71.5 Å². The zero-order valence-corrected chi connectivity index (χ0v) is 19.4. The van der Waals surface area contributed by atoms with Crippen molar-refractivity contribution in [3.8, 4) is 0 Å². The number of carbonyl (C=O) groups is 2. The van der Waals surface area contributed by atoms with E-state index in [2.05, 4.69) is 24.1 Å². The van der Waals surface area contributed by atoms with E-state index >= 15 is 0 Å². The van der Waals surface area contributed by atoms with Crippen LogP contribution in [0, 0.1) is 0 Å². The number of fused-ring (bicyclic) bond motifs is 2. The van der Waals surface area contributed by atoms with Gasteiger partial charge in [-0.1, -0.05) is 24.6 Å². The molecule has 1 aliphatic carbocycles. The quantitative estimate of drug-likeness (QED) is 0.402. The molecule has 2 aromatic carbocycles. The van der Waals surface area contributed by atoms with Crippen LogP contribution in [-0.2, 0) is 22.4 Å². The zero-order chi connectivity index (χ0) is 23.2. The third kappa shape index (κ3) is 5.16. The number of pyridine rings is 1. The molecule has 0 atom stereocenters. The minimum atomic E-state index is -0.459. The Hall–Kier alpha value is -3.41. The minimum Gasteiger partial charge on any atom is -0.452 e. The number of esters is 1. The van der Waals surface area contributed by atoms with Gasteiger partial charge >= 0.3 is 5.97 Å². The van der Waals surface area contributed by atoms with Crippen molar-refractivity contribution >= 4 is 34.2 Å². The Morgan fingerprint density at radius 2 is 1.70 bits per heavy atom. The number of ether oxygens (including phenoxy) is 1. The molecule has 1 amide bonds. The van der Waals surface area contributed by atoms with E-state index in [1.807, 2.05) is 48.5 Å². The van der Waals surface area contributed by atoms with Gasteiger partial charge in [-0.15, -0.1) is 0 Å². The van der Waals surface area contributed by atoms with Gasteiger partial charge in [-0.05, 0) is 75.4 Å². The van der Waals surface area contributed by atoms with E-state index < -0.39 is 5.97 Å². The molecule has 172 valence electrons. The number of aryl methyl sites for hydroxylation is 1. The number of anilines is 2. The molecule has 3 aromatic rings. The standard InChI is InChI=1S/C27H31N3O3/c1-3-30(4-2)20-16-14-19(15-17-20)28-25(31)18-33-27(32)26-21-10-6-5-7-12-23(21)29-24-13-9-8-11-22(24)26/h8-9,11,13-17H,3-7,10,12,18H2,1-2H3,(H,28,31). The van der Waals surface area contributed by atoms with Crippen LogP contribution in [0.5, 0.6) is 0 Å². The molecule has 0 saturated heterocycles. The van der Waals surface area contributed by atoms with E-state index in [1.54, 1.807) is 0 Å². The van der Waals surface area contributed by atoms with Crippen molar-refractivity contribution in [1.82, 2.24) is 4.98 Å². The summed E-state index contributed by atoms with van der Waals surface area (Å²) in [5.74, 6) is -0.817. The predicted octanol–water partition coefficient (Wildman–Crippen LogP) is 5.15. The number of carbonyl (C=O) groups excluding carboxylic acids is 2. The van der Waals surface area contributed by atoms with Crippen LogP contribution < -0.4 is 10.2 Å². The summed E-state index contributed by atoms with van der Waals surface area (Å²) in [7, 11) is 0. The van der Waals surface area contributed by atoms with Crippen LogP contribution in [-0.4, -0.2) is 36.6 Å². The molecule has 33 heavy (non-hydrogen) atoms. The molecule has 6 nitrogen and oxygen atoms in total. The SMILES string of the molecule is CCN(CC)c1ccc(NC(=O)COC(=O)c2c3c(nc4ccccc24)CCCCC3)cc1. The van der Waals surface area contributed by atoms with Crippen molar-refractivity contribution in [2.45, 2.75) is 46.0 Å². The molecule has 0 spiro atoms. The number of aromatic nitrogens is 1. The molecular weight excluding hydrogens is 414 g/mol. The number of amides is 1. The van der Waals surface area contributed by atoms with Gasteiger partial charge in [0.25, 0.3) is 5.91 Å². The Morgan fingerprint density at radius 3 is 2.45 bits per heavy atom. The largest absolute Gasteiger partial charge is 0.452 e. The molecule has 1 aliphatic rings. The summed E-state index contributed by atoms with van der Waals surface area (Å²) in [6.45, 7) is 5.73. The first-order valence-electron chi connectivity index (χ1n) is 11.8.